The largest absolute Gasteiger partial charge is 0.493 e. The van der Waals surface area contributed by atoms with E-state index in [1.807, 2.05) is 0 Å². The number of rotatable bonds is 16. The molecule has 0 atom stereocenters. The Bertz CT molecular complexity index is 1560. The third kappa shape index (κ3) is 7.41. The standard InChI is InChI=1S/C31H33ClFNO9S/c1-4-41-27(38)9-8-26(37)34-16-18-13-22(39-2)31(29(33)20(18)17-34)43-12-6-11-42-30-23(40-3)15-24-19(28(30)32)14-25(44-24)21(36)7-5-10-35/h10,13-15H,4-9,11-12,16-17H2,1-3H3. The van der Waals surface area contributed by atoms with Crippen LogP contribution in [0.4, 0.5) is 4.39 Å². The number of methoxy groups -OCH3 is 2. The van der Waals surface area contributed by atoms with Crippen molar-refractivity contribution in [1.82, 2.24) is 4.90 Å². The Morgan fingerprint density at radius 3 is 2.39 bits per heavy atom. The topological polar surface area (TPSA) is 118 Å². The van der Waals surface area contributed by atoms with Crippen molar-refractivity contribution >= 4 is 57.0 Å². The maximum Gasteiger partial charge on any atom is 0.306 e. The van der Waals surface area contributed by atoms with Gasteiger partial charge in [0.05, 0.1) is 50.4 Å². The van der Waals surface area contributed by atoms with Crippen molar-refractivity contribution in [2.45, 2.75) is 52.1 Å². The minimum atomic E-state index is -0.605. The Balaban J connectivity index is 1.37. The van der Waals surface area contributed by atoms with Crippen LogP contribution in [0.1, 0.15) is 59.8 Å². The average Bonchev–Trinajstić information content (AvgIpc) is 3.65. The smallest absolute Gasteiger partial charge is 0.306 e. The number of hydrogen-bond acceptors (Lipinski definition) is 10. The van der Waals surface area contributed by atoms with E-state index in [4.69, 9.17) is 35.3 Å². The van der Waals surface area contributed by atoms with Crippen molar-refractivity contribution in [3.8, 4) is 23.0 Å². The molecule has 0 bridgehead atoms. The predicted molar refractivity (Wildman–Crippen MR) is 162 cm³/mol. The van der Waals surface area contributed by atoms with E-state index in [9.17, 15) is 19.2 Å². The van der Waals surface area contributed by atoms with Gasteiger partial charge in [-0.05, 0) is 24.6 Å². The van der Waals surface area contributed by atoms with Crippen LogP contribution in [0.25, 0.3) is 10.1 Å². The SMILES string of the molecule is CCOC(=O)CCC(=O)N1Cc2cc(OC)c(OCCCOc3c(OC)cc4sc(C(=O)CCC=O)cc4c3Cl)c(F)c2C1. The Labute approximate surface area is 262 Å². The number of fused-ring (bicyclic) bond motifs is 2. The Hall–Kier alpha value is -3.90. The van der Waals surface area contributed by atoms with Crippen LogP contribution in [0.15, 0.2) is 18.2 Å². The summed E-state index contributed by atoms with van der Waals surface area (Å²) in [5.74, 6) is -0.635. The van der Waals surface area contributed by atoms with Gasteiger partial charge in [-0.3, -0.25) is 14.4 Å². The lowest BCUT2D eigenvalue weighted by Gasteiger charge is -2.15. The number of amides is 1. The van der Waals surface area contributed by atoms with Gasteiger partial charge in [0.25, 0.3) is 0 Å². The quantitative estimate of drug-likeness (QED) is 0.0808. The number of hydrogen-bond donors (Lipinski definition) is 0. The van der Waals surface area contributed by atoms with Crippen LogP contribution in [0.3, 0.4) is 0 Å². The molecule has 236 valence electrons. The molecule has 10 nitrogen and oxygen atoms in total. The first kappa shape index (κ1) is 33.0. The summed E-state index contributed by atoms with van der Waals surface area (Å²) in [6.07, 6.45) is 1.28. The number of Topliss-reactive ketones (excluding diaryl/α,β-unsaturated/α-hetero) is 1. The van der Waals surface area contributed by atoms with Gasteiger partial charge >= 0.3 is 5.97 Å². The van der Waals surface area contributed by atoms with Gasteiger partial charge < -0.3 is 33.4 Å². The zero-order valence-electron chi connectivity index (χ0n) is 24.7. The first-order valence-electron chi connectivity index (χ1n) is 14.1. The Morgan fingerprint density at radius 1 is 1.00 bits per heavy atom. The van der Waals surface area contributed by atoms with Gasteiger partial charge in [-0.2, -0.15) is 0 Å². The lowest BCUT2D eigenvalue weighted by Crippen LogP contribution is -2.26. The van der Waals surface area contributed by atoms with Crippen LogP contribution < -0.4 is 18.9 Å². The first-order chi connectivity index (χ1) is 21.2. The Morgan fingerprint density at radius 2 is 1.70 bits per heavy atom. The van der Waals surface area contributed by atoms with Gasteiger partial charge in [0.1, 0.15) is 6.29 Å². The second-order valence-electron chi connectivity index (χ2n) is 9.84. The zero-order valence-corrected chi connectivity index (χ0v) is 26.2. The third-order valence-corrected chi connectivity index (χ3v) is 8.46. The van der Waals surface area contributed by atoms with E-state index in [0.29, 0.717) is 50.6 Å². The van der Waals surface area contributed by atoms with E-state index in [2.05, 4.69) is 0 Å². The van der Waals surface area contributed by atoms with Gasteiger partial charge in [-0.25, -0.2) is 4.39 Å². The van der Waals surface area contributed by atoms with Gasteiger partial charge in [0.15, 0.2) is 34.6 Å². The zero-order chi connectivity index (χ0) is 31.8. The number of carbonyl (C=O) groups excluding carboxylic acids is 4. The maximum absolute atomic E-state index is 15.6. The number of halogens is 2. The van der Waals surface area contributed by atoms with Crippen molar-refractivity contribution < 1.29 is 47.3 Å². The summed E-state index contributed by atoms with van der Waals surface area (Å²) in [4.78, 5) is 49.2. The molecular formula is C31H33ClFNO9S. The van der Waals surface area contributed by atoms with E-state index in [1.165, 1.54) is 30.5 Å². The molecule has 0 saturated carbocycles. The molecule has 4 rings (SSSR count). The van der Waals surface area contributed by atoms with Crippen molar-refractivity contribution in [3.05, 3.63) is 45.0 Å². The van der Waals surface area contributed by atoms with Crippen LogP contribution in [-0.2, 0) is 32.2 Å². The highest BCUT2D eigenvalue weighted by Gasteiger charge is 2.30. The second-order valence-corrected chi connectivity index (χ2v) is 11.3. The molecule has 1 aromatic heterocycles. The van der Waals surface area contributed by atoms with E-state index < -0.39 is 11.8 Å². The summed E-state index contributed by atoms with van der Waals surface area (Å²) < 4.78 is 43.7. The molecule has 1 aliphatic heterocycles. The summed E-state index contributed by atoms with van der Waals surface area (Å²) >= 11 is 7.90. The summed E-state index contributed by atoms with van der Waals surface area (Å²) in [6, 6.07) is 5.08. The van der Waals surface area contributed by atoms with Gasteiger partial charge in [0.2, 0.25) is 5.91 Å². The molecule has 1 amide bonds. The fourth-order valence-corrected chi connectivity index (χ4v) is 6.19. The monoisotopic (exact) mass is 649 g/mol. The van der Waals surface area contributed by atoms with Crippen LogP contribution in [0, 0.1) is 5.82 Å². The maximum atomic E-state index is 15.6. The number of carbonyl (C=O) groups is 4. The highest BCUT2D eigenvalue weighted by molar-refractivity contribution is 7.21. The number of nitrogens with zero attached hydrogens (tertiary/aromatic N) is 1. The van der Waals surface area contributed by atoms with Crippen LogP contribution in [0.2, 0.25) is 5.02 Å². The number of ether oxygens (including phenoxy) is 5. The molecule has 1 aliphatic rings. The second kappa shape index (κ2) is 15.2. The highest BCUT2D eigenvalue weighted by Crippen LogP contribution is 2.44. The molecule has 0 N–H and O–H groups in total. The molecule has 0 fully saturated rings. The van der Waals surface area contributed by atoms with Gasteiger partial charge in [-0.15, -0.1) is 11.3 Å². The molecule has 13 heteroatoms. The molecule has 2 aromatic carbocycles. The molecular weight excluding hydrogens is 617 g/mol. The predicted octanol–water partition coefficient (Wildman–Crippen LogP) is 5.91. The van der Waals surface area contributed by atoms with Crippen LogP contribution in [0.5, 0.6) is 23.0 Å². The molecule has 0 saturated heterocycles. The van der Waals surface area contributed by atoms with Gasteiger partial charge in [0, 0.05) is 60.5 Å². The van der Waals surface area contributed by atoms with Crippen LogP contribution in [-0.4, -0.2) is 62.9 Å². The molecule has 0 spiro atoms. The number of ketones is 1. The molecule has 44 heavy (non-hydrogen) atoms. The average molecular weight is 650 g/mol. The van der Waals surface area contributed by atoms with E-state index in [-0.39, 0.29) is 81.8 Å². The minimum Gasteiger partial charge on any atom is -0.493 e. The molecule has 0 radical (unpaired) electrons. The van der Waals surface area contributed by atoms with Crippen molar-refractivity contribution in [2.75, 3.05) is 34.0 Å². The number of benzene rings is 2. The van der Waals surface area contributed by atoms with E-state index in [1.54, 1.807) is 25.1 Å². The molecule has 2 heterocycles. The summed E-state index contributed by atoms with van der Waals surface area (Å²) in [5, 5.41) is 0.926. The van der Waals surface area contributed by atoms with E-state index >= 15 is 4.39 Å². The number of aldehydes is 1. The minimum absolute atomic E-state index is 0.0240. The lowest BCUT2D eigenvalue weighted by atomic mass is 10.1. The Kier molecular flexibility index (Phi) is 11.4. The molecule has 3 aromatic rings. The summed E-state index contributed by atoms with van der Waals surface area (Å²) in [6.45, 7) is 2.44. The first-order valence-corrected chi connectivity index (χ1v) is 15.3. The fraction of sp³-hybridized carbons (Fsp3) is 0.419. The molecule has 0 unspecified atom stereocenters. The van der Waals surface area contributed by atoms with Crippen molar-refractivity contribution in [2.24, 2.45) is 0 Å². The number of thiophene rings is 1. The summed E-state index contributed by atoms with van der Waals surface area (Å²) in [7, 11) is 2.89. The van der Waals surface area contributed by atoms with Gasteiger partial charge in [-0.1, -0.05) is 11.6 Å². The van der Waals surface area contributed by atoms with Crippen molar-refractivity contribution in [3.63, 3.8) is 0 Å². The fourth-order valence-electron chi connectivity index (χ4n) is 4.77. The number of esters is 1. The van der Waals surface area contributed by atoms with Crippen LogP contribution >= 0.6 is 22.9 Å². The van der Waals surface area contributed by atoms with E-state index in [0.717, 1.165) is 4.70 Å². The molecule has 0 aliphatic carbocycles. The normalized spacial score (nSPS) is 12.2. The third-order valence-electron chi connectivity index (χ3n) is 6.96. The summed E-state index contributed by atoms with van der Waals surface area (Å²) in [5.41, 5.74) is 0.949. The van der Waals surface area contributed by atoms with Crippen molar-refractivity contribution in [1.29, 1.82) is 0 Å². The lowest BCUT2D eigenvalue weighted by molar-refractivity contribution is -0.145. The highest BCUT2D eigenvalue weighted by atomic mass is 35.5.